The third kappa shape index (κ3) is 5.98. The van der Waals surface area contributed by atoms with E-state index in [1.165, 1.54) is 34.6 Å². The van der Waals surface area contributed by atoms with E-state index in [0.29, 0.717) is 29.9 Å². The van der Waals surface area contributed by atoms with Crippen molar-refractivity contribution in [2.24, 2.45) is 0 Å². The second-order valence-electron chi connectivity index (χ2n) is 7.78. The zero-order chi connectivity index (χ0) is 22.4. The molecule has 0 radical (unpaired) electrons. The van der Waals surface area contributed by atoms with Crippen molar-refractivity contribution in [1.29, 1.82) is 0 Å². The minimum Gasteiger partial charge on any atom is -0.326 e. The van der Waals surface area contributed by atoms with Crippen molar-refractivity contribution in [2.45, 2.75) is 50.3 Å². The number of amides is 1. The highest BCUT2D eigenvalue weighted by Crippen LogP contribution is 2.26. The third-order valence-corrected chi connectivity index (χ3v) is 7.44. The van der Waals surface area contributed by atoms with Crippen LogP contribution in [-0.4, -0.2) is 37.5 Å². The van der Waals surface area contributed by atoms with Gasteiger partial charge in [0.25, 0.3) is 0 Å². The molecule has 166 valence electrons. The van der Waals surface area contributed by atoms with Gasteiger partial charge in [0.05, 0.1) is 4.90 Å². The van der Waals surface area contributed by atoms with Crippen molar-refractivity contribution in [3.05, 3.63) is 59.4 Å². The molecule has 0 saturated carbocycles. The van der Waals surface area contributed by atoms with Crippen LogP contribution in [0.3, 0.4) is 0 Å². The molecule has 1 heterocycles. The molecular weight excluding hydrogens is 419 g/mol. The highest BCUT2D eigenvalue weighted by molar-refractivity contribution is 7.89. The Morgan fingerprint density at radius 3 is 2.26 bits per heavy atom. The van der Waals surface area contributed by atoms with Gasteiger partial charge in [0.15, 0.2) is 5.78 Å². The maximum Gasteiger partial charge on any atom is 0.243 e. The minimum absolute atomic E-state index is 0.0255. The van der Waals surface area contributed by atoms with Crippen LogP contribution in [-0.2, 0) is 14.8 Å². The number of halogens is 1. The molecular formula is C23H27FN2O4S. The minimum atomic E-state index is -3.64. The van der Waals surface area contributed by atoms with Gasteiger partial charge in [-0.15, -0.1) is 0 Å². The van der Waals surface area contributed by atoms with Gasteiger partial charge in [-0.3, -0.25) is 9.59 Å². The van der Waals surface area contributed by atoms with Gasteiger partial charge in [-0.25, -0.2) is 12.8 Å². The maximum absolute atomic E-state index is 13.1. The van der Waals surface area contributed by atoms with Gasteiger partial charge in [-0.05, 0) is 61.7 Å². The lowest BCUT2D eigenvalue weighted by atomic mass is 10.1. The zero-order valence-corrected chi connectivity index (χ0v) is 18.4. The molecule has 2 aromatic rings. The fourth-order valence-corrected chi connectivity index (χ4v) is 5.38. The van der Waals surface area contributed by atoms with Crippen LogP contribution in [0.15, 0.2) is 47.4 Å². The summed E-state index contributed by atoms with van der Waals surface area (Å²) in [5.74, 6) is -1.08. The van der Waals surface area contributed by atoms with E-state index in [0.717, 1.165) is 25.7 Å². The molecule has 0 atom stereocenters. The van der Waals surface area contributed by atoms with Crippen molar-refractivity contribution in [3.63, 3.8) is 0 Å². The van der Waals surface area contributed by atoms with E-state index in [1.807, 2.05) is 0 Å². The molecule has 1 fully saturated rings. The first-order valence-electron chi connectivity index (χ1n) is 10.5. The van der Waals surface area contributed by atoms with Gasteiger partial charge in [0, 0.05) is 37.2 Å². The molecule has 8 heteroatoms. The van der Waals surface area contributed by atoms with E-state index in [4.69, 9.17) is 0 Å². The number of rotatable bonds is 7. The predicted molar refractivity (Wildman–Crippen MR) is 117 cm³/mol. The van der Waals surface area contributed by atoms with E-state index < -0.39 is 21.7 Å². The van der Waals surface area contributed by atoms with Crippen LogP contribution >= 0.6 is 0 Å². The lowest BCUT2D eigenvalue weighted by molar-refractivity contribution is -0.116. The smallest absolute Gasteiger partial charge is 0.243 e. The molecule has 0 unspecified atom stereocenters. The molecule has 0 aromatic heterocycles. The first-order valence-corrected chi connectivity index (χ1v) is 11.9. The van der Waals surface area contributed by atoms with Crippen LogP contribution in [0.5, 0.6) is 0 Å². The maximum atomic E-state index is 13.1. The molecule has 0 spiro atoms. The molecule has 1 aliphatic heterocycles. The summed E-state index contributed by atoms with van der Waals surface area (Å²) in [6.45, 7) is 2.74. The molecule has 31 heavy (non-hydrogen) atoms. The fraction of sp³-hybridized carbons (Fsp3) is 0.391. The number of benzene rings is 2. The van der Waals surface area contributed by atoms with Gasteiger partial charge in [0.2, 0.25) is 15.9 Å². The second-order valence-corrected chi connectivity index (χ2v) is 9.68. The summed E-state index contributed by atoms with van der Waals surface area (Å²) in [6, 6.07) is 9.97. The summed E-state index contributed by atoms with van der Waals surface area (Å²) < 4.78 is 40.8. The highest BCUT2D eigenvalue weighted by atomic mass is 32.2. The van der Waals surface area contributed by atoms with Crippen LogP contribution in [0.25, 0.3) is 0 Å². The predicted octanol–water partition coefficient (Wildman–Crippen LogP) is 4.30. The number of ketones is 1. The standard InChI is InChI=1S/C23H27FN2O4S/c1-17-6-11-20(16-22(17)31(29,30)26-14-4-2-3-5-15-26)25-23(28)13-12-21(27)18-7-9-19(24)10-8-18/h6-11,16H,2-5,12-15H2,1H3,(H,25,28). The van der Waals surface area contributed by atoms with Gasteiger partial charge in [-0.2, -0.15) is 4.31 Å². The molecule has 6 nitrogen and oxygen atoms in total. The summed E-state index contributed by atoms with van der Waals surface area (Å²) in [5, 5.41) is 2.68. The van der Waals surface area contributed by atoms with Crippen LogP contribution in [0, 0.1) is 12.7 Å². The number of nitrogens with zero attached hydrogens (tertiary/aromatic N) is 1. The summed E-state index contributed by atoms with van der Waals surface area (Å²) >= 11 is 0. The Kier molecular flexibility index (Phi) is 7.56. The first-order chi connectivity index (χ1) is 14.8. The number of anilines is 1. The fourth-order valence-electron chi connectivity index (χ4n) is 3.61. The van der Waals surface area contributed by atoms with Gasteiger partial charge in [-0.1, -0.05) is 18.9 Å². The van der Waals surface area contributed by atoms with Gasteiger partial charge in [0.1, 0.15) is 5.82 Å². The quantitative estimate of drug-likeness (QED) is 0.643. The number of carbonyl (C=O) groups excluding carboxylic acids is 2. The normalized spacial score (nSPS) is 15.3. The number of nitrogens with one attached hydrogen (secondary N) is 1. The number of carbonyl (C=O) groups is 2. The Hall–Kier alpha value is -2.58. The summed E-state index contributed by atoms with van der Waals surface area (Å²) in [4.78, 5) is 24.7. The van der Waals surface area contributed by atoms with Crippen LogP contribution in [0.1, 0.15) is 54.4 Å². The van der Waals surface area contributed by atoms with E-state index in [9.17, 15) is 22.4 Å². The number of Topliss-reactive ketones (excluding diaryl/α,β-unsaturated/α-hetero) is 1. The van der Waals surface area contributed by atoms with Crippen molar-refractivity contribution >= 4 is 27.4 Å². The lowest BCUT2D eigenvalue weighted by Crippen LogP contribution is -2.32. The van der Waals surface area contributed by atoms with Gasteiger partial charge >= 0.3 is 0 Å². The molecule has 2 aromatic carbocycles. The summed E-state index contributed by atoms with van der Waals surface area (Å²) in [5.41, 5.74) is 1.34. The zero-order valence-electron chi connectivity index (χ0n) is 17.6. The van der Waals surface area contributed by atoms with Crippen molar-refractivity contribution in [1.82, 2.24) is 4.31 Å². The van der Waals surface area contributed by atoms with E-state index >= 15 is 0 Å². The Bertz CT molecular complexity index is 1040. The van der Waals surface area contributed by atoms with Crippen LogP contribution in [0.2, 0.25) is 0 Å². The van der Waals surface area contributed by atoms with Gasteiger partial charge < -0.3 is 5.32 Å². The number of aryl methyl sites for hydroxylation is 1. The number of sulfonamides is 1. The van der Waals surface area contributed by atoms with Crippen LogP contribution < -0.4 is 5.32 Å². The topological polar surface area (TPSA) is 83.5 Å². The van der Waals surface area contributed by atoms with Crippen molar-refractivity contribution < 1.29 is 22.4 Å². The largest absolute Gasteiger partial charge is 0.326 e. The molecule has 1 N–H and O–H groups in total. The monoisotopic (exact) mass is 446 g/mol. The molecule has 1 saturated heterocycles. The Labute approximate surface area is 182 Å². The van der Waals surface area contributed by atoms with E-state index in [2.05, 4.69) is 5.32 Å². The van der Waals surface area contributed by atoms with Crippen LogP contribution in [0.4, 0.5) is 10.1 Å². The van der Waals surface area contributed by atoms with Crippen molar-refractivity contribution in [2.75, 3.05) is 18.4 Å². The Morgan fingerprint density at radius 1 is 0.968 bits per heavy atom. The molecule has 1 aliphatic rings. The Balaban J connectivity index is 1.66. The highest BCUT2D eigenvalue weighted by Gasteiger charge is 2.27. The number of hydrogen-bond acceptors (Lipinski definition) is 4. The first kappa shape index (κ1) is 23.1. The number of hydrogen-bond donors (Lipinski definition) is 1. The molecule has 3 rings (SSSR count). The summed E-state index contributed by atoms with van der Waals surface area (Å²) in [7, 11) is -3.64. The molecule has 0 bridgehead atoms. The Morgan fingerprint density at radius 2 is 1.61 bits per heavy atom. The SMILES string of the molecule is Cc1ccc(NC(=O)CCC(=O)c2ccc(F)cc2)cc1S(=O)(=O)N1CCCCCC1. The average Bonchev–Trinajstić information content (AvgIpc) is 3.04. The van der Waals surface area contributed by atoms with E-state index in [1.54, 1.807) is 19.1 Å². The average molecular weight is 447 g/mol. The molecule has 0 aliphatic carbocycles. The van der Waals surface area contributed by atoms with Crippen molar-refractivity contribution in [3.8, 4) is 0 Å². The second kappa shape index (κ2) is 10.2. The summed E-state index contributed by atoms with van der Waals surface area (Å²) in [6.07, 6.45) is 3.66. The third-order valence-electron chi connectivity index (χ3n) is 5.40. The van der Waals surface area contributed by atoms with E-state index in [-0.39, 0.29) is 23.5 Å². The molecule has 1 amide bonds. The lowest BCUT2D eigenvalue weighted by Gasteiger charge is -2.21.